The quantitative estimate of drug-likeness (QED) is 0.463. The van der Waals surface area contributed by atoms with E-state index in [1.54, 1.807) is 0 Å². The number of amides is 2. The van der Waals surface area contributed by atoms with Crippen LogP contribution in [0.25, 0.3) is 0 Å². The Morgan fingerprint density at radius 1 is 1.29 bits per heavy atom. The van der Waals surface area contributed by atoms with Crippen molar-refractivity contribution in [3.63, 3.8) is 0 Å². The SMILES string of the molecule is CCCNC(=O)C(C)NC(=O)c1cc(F)c(NN)c(F)c1. The average Bonchev–Trinajstić information content (AvgIpc) is 2.44. The van der Waals surface area contributed by atoms with Gasteiger partial charge in [-0.15, -0.1) is 0 Å². The molecule has 1 aromatic carbocycles. The molecule has 21 heavy (non-hydrogen) atoms. The molecule has 0 heterocycles. The fourth-order valence-corrected chi connectivity index (χ4v) is 1.59. The molecule has 0 aromatic heterocycles. The summed E-state index contributed by atoms with van der Waals surface area (Å²) in [5, 5.41) is 4.96. The number of benzene rings is 1. The van der Waals surface area contributed by atoms with Crippen LogP contribution in [0.2, 0.25) is 0 Å². The highest BCUT2D eigenvalue weighted by molar-refractivity contribution is 5.97. The van der Waals surface area contributed by atoms with Gasteiger partial charge in [-0.2, -0.15) is 0 Å². The zero-order valence-electron chi connectivity index (χ0n) is 11.8. The molecule has 0 aliphatic carbocycles. The van der Waals surface area contributed by atoms with E-state index in [1.165, 1.54) is 6.92 Å². The molecule has 0 saturated carbocycles. The van der Waals surface area contributed by atoms with E-state index in [4.69, 9.17) is 5.84 Å². The van der Waals surface area contributed by atoms with Crippen LogP contribution in [0.4, 0.5) is 14.5 Å². The largest absolute Gasteiger partial charge is 0.354 e. The molecule has 0 aliphatic heterocycles. The minimum atomic E-state index is -0.995. The van der Waals surface area contributed by atoms with Crippen molar-refractivity contribution in [3.8, 4) is 0 Å². The van der Waals surface area contributed by atoms with Gasteiger partial charge in [0.25, 0.3) is 5.91 Å². The first kappa shape index (κ1) is 16.8. The zero-order valence-corrected chi connectivity index (χ0v) is 11.8. The van der Waals surface area contributed by atoms with Crippen molar-refractivity contribution in [1.82, 2.24) is 10.6 Å². The van der Waals surface area contributed by atoms with Gasteiger partial charge in [-0.25, -0.2) is 8.78 Å². The molecule has 0 bridgehead atoms. The summed E-state index contributed by atoms with van der Waals surface area (Å²) in [4.78, 5) is 23.5. The lowest BCUT2D eigenvalue weighted by Gasteiger charge is -2.14. The molecule has 5 N–H and O–H groups in total. The van der Waals surface area contributed by atoms with Crippen molar-refractivity contribution in [2.75, 3.05) is 12.0 Å². The second-order valence-corrected chi connectivity index (χ2v) is 4.45. The maximum absolute atomic E-state index is 13.5. The van der Waals surface area contributed by atoms with Crippen molar-refractivity contribution in [3.05, 3.63) is 29.3 Å². The highest BCUT2D eigenvalue weighted by atomic mass is 19.1. The number of halogens is 2. The van der Waals surface area contributed by atoms with E-state index in [0.29, 0.717) is 6.54 Å². The van der Waals surface area contributed by atoms with E-state index in [0.717, 1.165) is 18.6 Å². The van der Waals surface area contributed by atoms with E-state index in [1.807, 2.05) is 12.3 Å². The van der Waals surface area contributed by atoms with Crippen LogP contribution in [0.15, 0.2) is 12.1 Å². The standard InChI is InChI=1S/C13H18F2N4O2/c1-3-4-17-12(20)7(2)18-13(21)8-5-9(14)11(19-16)10(15)6-8/h5-7,19H,3-4,16H2,1-2H3,(H,17,20)(H,18,21). The number of anilines is 1. The number of carbonyl (C=O) groups excluding carboxylic acids is 2. The summed E-state index contributed by atoms with van der Waals surface area (Å²) in [6, 6.07) is 0.858. The van der Waals surface area contributed by atoms with Crippen LogP contribution in [0.1, 0.15) is 30.6 Å². The van der Waals surface area contributed by atoms with Crippen LogP contribution >= 0.6 is 0 Å². The maximum atomic E-state index is 13.5. The third-order valence-corrected chi connectivity index (χ3v) is 2.74. The Kier molecular flexibility index (Phi) is 6.04. The van der Waals surface area contributed by atoms with Gasteiger partial charge in [-0.1, -0.05) is 6.92 Å². The van der Waals surface area contributed by atoms with Crippen molar-refractivity contribution in [2.24, 2.45) is 5.84 Å². The number of hydrogen-bond donors (Lipinski definition) is 4. The Morgan fingerprint density at radius 2 is 1.86 bits per heavy atom. The fourth-order valence-electron chi connectivity index (χ4n) is 1.59. The highest BCUT2D eigenvalue weighted by Crippen LogP contribution is 2.19. The first-order chi connectivity index (χ1) is 9.90. The molecule has 0 fully saturated rings. The van der Waals surface area contributed by atoms with Crippen LogP contribution < -0.4 is 21.9 Å². The summed E-state index contributed by atoms with van der Waals surface area (Å²) < 4.78 is 27.0. The molecule has 0 saturated heterocycles. The molecule has 0 spiro atoms. The number of hydrazine groups is 1. The summed E-state index contributed by atoms with van der Waals surface area (Å²) in [6.45, 7) is 3.85. The summed E-state index contributed by atoms with van der Waals surface area (Å²) in [5.74, 6) is 1.85. The molecule has 0 aliphatic rings. The fraction of sp³-hybridized carbons (Fsp3) is 0.385. The Balaban J connectivity index is 2.78. The van der Waals surface area contributed by atoms with E-state index in [2.05, 4.69) is 10.6 Å². The first-order valence-electron chi connectivity index (χ1n) is 6.44. The van der Waals surface area contributed by atoms with Gasteiger partial charge in [0.1, 0.15) is 11.7 Å². The highest BCUT2D eigenvalue weighted by Gasteiger charge is 2.19. The summed E-state index contributed by atoms with van der Waals surface area (Å²) in [7, 11) is 0. The number of nitrogens with two attached hydrogens (primary N) is 1. The third-order valence-electron chi connectivity index (χ3n) is 2.74. The minimum Gasteiger partial charge on any atom is -0.354 e. The third kappa shape index (κ3) is 4.38. The van der Waals surface area contributed by atoms with Crippen LogP contribution in [0, 0.1) is 11.6 Å². The molecule has 1 rings (SSSR count). The van der Waals surface area contributed by atoms with Gasteiger partial charge in [-0.3, -0.25) is 15.4 Å². The summed E-state index contributed by atoms with van der Waals surface area (Å²) in [5.41, 5.74) is 1.10. The lowest BCUT2D eigenvalue weighted by atomic mass is 10.1. The molecule has 1 aromatic rings. The molecule has 116 valence electrons. The van der Waals surface area contributed by atoms with E-state index < -0.39 is 29.3 Å². The van der Waals surface area contributed by atoms with E-state index >= 15 is 0 Å². The number of nitrogen functional groups attached to an aromatic ring is 1. The smallest absolute Gasteiger partial charge is 0.252 e. The van der Waals surface area contributed by atoms with Crippen LogP contribution in [0.3, 0.4) is 0 Å². The van der Waals surface area contributed by atoms with Gasteiger partial charge in [0.2, 0.25) is 5.91 Å². The van der Waals surface area contributed by atoms with Crippen LogP contribution in [-0.2, 0) is 4.79 Å². The van der Waals surface area contributed by atoms with Gasteiger partial charge >= 0.3 is 0 Å². The Labute approximate surface area is 121 Å². The van der Waals surface area contributed by atoms with Crippen molar-refractivity contribution in [1.29, 1.82) is 0 Å². The normalized spacial score (nSPS) is 11.7. The molecule has 1 atom stereocenters. The number of nitrogens with one attached hydrogen (secondary N) is 3. The molecule has 0 radical (unpaired) electrons. The zero-order chi connectivity index (χ0) is 16.0. The average molecular weight is 300 g/mol. The van der Waals surface area contributed by atoms with E-state index in [9.17, 15) is 18.4 Å². The van der Waals surface area contributed by atoms with Crippen molar-refractivity contribution >= 4 is 17.5 Å². The van der Waals surface area contributed by atoms with Gasteiger partial charge < -0.3 is 16.1 Å². The van der Waals surface area contributed by atoms with E-state index in [-0.39, 0.29) is 11.5 Å². The number of carbonyl (C=O) groups is 2. The Hall–Kier alpha value is -2.22. The van der Waals surface area contributed by atoms with Gasteiger partial charge in [0.05, 0.1) is 0 Å². The number of hydrogen-bond acceptors (Lipinski definition) is 4. The van der Waals surface area contributed by atoms with Crippen LogP contribution in [-0.4, -0.2) is 24.4 Å². The summed E-state index contributed by atoms with van der Waals surface area (Å²) in [6.07, 6.45) is 0.760. The Bertz CT molecular complexity index is 514. The molecule has 1 unspecified atom stereocenters. The van der Waals surface area contributed by atoms with Gasteiger partial charge in [-0.05, 0) is 25.5 Å². The van der Waals surface area contributed by atoms with Crippen molar-refractivity contribution < 1.29 is 18.4 Å². The minimum absolute atomic E-state index is 0.237. The second kappa shape index (κ2) is 7.53. The van der Waals surface area contributed by atoms with Crippen LogP contribution in [0.5, 0.6) is 0 Å². The topological polar surface area (TPSA) is 96.2 Å². The predicted molar refractivity (Wildman–Crippen MR) is 74.4 cm³/mol. The second-order valence-electron chi connectivity index (χ2n) is 4.45. The van der Waals surface area contributed by atoms with Crippen molar-refractivity contribution in [2.45, 2.75) is 26.3 Å². The molecular weight excluding hydrogens is 282 g/mol. The monoisotopic (exact) mass is 300 g/mol. The van der Waals surface area contributed by atoms with Gasteiger partial charge in [0.15, 0.2) is 11.6 Å². The van der Waals surface area contributed by atoms with Gasteiger partial charge in [0, 0.05) is 12.1 Å². The lowest BCUT2D eigenvalue weighted by molar-refractivity contribution is -0.122. The predicted octanol–water partition coefficient (Wildman–Crippen LogP) is 0.895. The summed E-state index contributed by atoms with van der Waals surface area (Å²) >= 11 is 0. The molecular formula is C13H18F2N4O2. The lowest BCUT2D eigenvalue weighted by Crippen LogP contribution is -2.45. The Morgan fingerprint density at radius 3 is 2.33 bits per heavy atom. The molecule has 6 nitrogen and oxygen atoms in total. The molecule has 8 heteroatoms. The number of rotatable bonds is 6. The first-order valence-corrected chi connectivity index (χ1v) is 6.44. The molecule has 2 amide bonds. The maximum Gasteiger partial charge on any atom is 0.252 e.